The van der Waals surface area contributed by atoms with Gasteiger partial charge in [0.1, 0.15) is 0 Å². The molecule has 1 fully saturated rings. The summed E-state index contributed by atoms with van der Waals surface area (Å²) in [6.45, 7) is 3.39. The van der Waals surface area contributed by atoms with E-state index in [0.717, 1.165) is 11.1 Å². The number of carboxylic acid groups (broad SMARTS) is 1. The fourth-order valence-corrected chi connectivity index (χ4v) is 2.71. The summed E-state index contributed by atoms with van der Waals surface area (Å²) in [4.78, 5) is 34.3. The minimum absolute atomic E-state index is 0.0837. The van der Waals surface area contributed by atoms with Crippen LogP contribution in [-0.2, 0) is 14.4 Å². The summed E-state index contributed by atoms with van der Waals surface area (Å²) in [6, 6.07) is 7.19. The fourth-order valence-electron chi connectivity index (χ4n) is 2.71. The van der Waals surface area contributed by atoms with Gasteiger partial charge in [0, 0.05) is 13.0 Å². The number of carbonyl (C=O) groups is 3. The molecule has 1 aromatic rings. The standard InChI is InChI=1S/C17H22N2O4/c1-10-3-5-12(6-4-10)15(18-11(2)20)9-16(21)19-14-7-13(8-14)17(22)23/h3-6,13-15H,7-9H2,1-2H3,(H,18,20)(H,19,21)(H,22,23). The van der Waals surface area contributed by atoms with Crippen molar-refractivity contribution < 1.29 is 19.5 Å². The van der Waals surface area contributed by atoms with Gasteiger partial charge in [-0.25, -0.2) is 0 Å². The van der Waals surface area contributed by atoms with Gasteiger partial charge in [0.15, 0.2) is 0 Å². The first kappa shape index (κ1) is 17.0. The highest BCUT2D eigenvalue weighted by atomic mass is 16.4. The van der Waals surface area contributed by atoms with Crippen molar-refractivity contribution in [2.75, 3.05) is 0 Å². The Morgan fingerprint density at radius 2 is 1.83 bits per heavy atom. The van der Waals surface area contributed by atoms with Crippen LogP contribution in [0.15, 0.2) is 24.3 Å². The van der Waals surface area contributed by atoms with Crippen molar-refractivity contribution >= 4 is 17.8 Å². The van der Waals surface area contributed by atoms with E-state index in [9.17, 15) is 14.4 Å². The molecule has 2 amide bonds. The second-order valence-electron chi connectivity index (χ2n) is 6.14. The van der Waals surface area contributed by atoms with E-state index in [1.807, 2.05) is 31.2 Å². The van der Waals surface area contributed by atoms with Gasteiger partial charge in [0.05, 0.1) is 18.4 Å². The molecule has 0 radical (unpaired) electrons. The zero-order valence-corrected chi connectivity index (χ0v) is 13.3. The number of aliphatic carboxylic acids is 1. The fraction of sp³-hybridized carbons (Fsp3) is 0.471. The molecular formula is C17H22N2O4. The molecule has 0 aromatic heterocycles. The van der Waals surface area contributed by atoms with Crippen molar-refractivity contribution in [1.82, 2.24) is 10.6 Å². The third-order valence-corrected chi connectivity index (χ3v) is 4.10. The van der Waals surface area contributed by atoms with Gasteiger partial charge >= 0.3 is 5.97 Å². The Bertz CT molecular complexity index is 591. The normalized spacial score (nSPS) is 21.0. The number of benzene rings is 1. The number of amides is 2. The highest BCUT2D eigenvalue weighted by Crippen LogP contribution is 2.28. The lowest BCUT2D eigenvalue weighted by atomic mass is 9.80. The van der Waals surface area contributed by atoms with Crippen LogP contribution in [-0.4, -0.2) is 28.9 Å². The third-order valence-electron chi connectivity index (χ3n) is 4.10. The average molecular weight is 318 g/mol. The van der Waals surface area contributed by atoms with Crippen molar-refractivity contribution in [3.63, 3.8) is 0 Å². The van der Waals surface area contributed by atoms with Crippen LogP contribution in [0.4, 0.5) is 0 Å². The number of nitrogens with one attached hydrogen (secondary N) is 2. The lowest BCUT2D eigenvalue weighted by Crippen LogP contribution is -2.47. The molecule has 1 unspecified atom stereocenters. The maximum Gasteiger partial charge on any atom is 0.306 e. The van der Waals surface area contributed by atoms with E-state index >= 15 is 0 Å². The van der Waals surface area contributed by atoms with Gasteiger partial charge in [0.2, 0.25) is 11.8 Å². The average Bonchev–Trinajstić information content (AvgIpc) is 2.41. The summed E-state index contributed by atoms with van der Waals surface area (Å²) >= 11 is 0. The van der Waals surface area contributed by atoms with E-state index in [1.165, 1.54) is 6.92 Å². The number of rotatable bonds is 6. The Morgan fingerprint density at radius 3 is 2.35 bits per heavy atom. The number of carbonyl (C=O) groups excluding carboxylic acids is 2. The number of carboxylic acids is 1. The number of aryl methyl sites for hydroxylation is 1. The molecule has 1 aliphatic carbocycles. The first-order chi connectivity index (χ1) is 10.8. The summed E-state index contributed by atoms with van der Waals surface area (Å²) in [5.74, 6) is -1.55. The largest absolute Gasteiger partial charge is 0.481 e. The van der Waals surface area contributed by atoms with Crippen molar-refractivity contribution in [3.05, 3.63) is 35.4 Å². The second kappa shape index (κ2) is 7.26. The minimum atomic E-state index is -0.814. The van der Waals surface area contributed by atoms with Crippen LogP contribution in [0.25, 0.3) is 0 Å². The van der Waals surface area contributed by atoms with Gasteiger partial charge in [-0.3, -0.25) is 14.4 Å². The molecule has 124 valence electrons. The highest BCUT2D eigenvalue weighted by Gasteiger charge is 2.35. The molecule has 0 saturated heterocycles. The molecule has 3 N–H and O–H groups in total. The van der Waals surface area contributed by atoms with Gasteiger partial charge in [-0.2, -0.15) is 0 Å². The molecule has 0 spiro atoms. The van der Waals surface area contributed by atoms with E-state index in [-0.39, 0.29) is 36.2 Å². The van der Waals surface area contributed by atoms with E-state index < -0.39 is 5.97 Å². The number of hydrogen-bond acceptors (Lipinski definition) is 3. The van der Waals surface area contributed by atoms with E-state index in [2.05, 4.69) is 10.6 Å². The zero-order chi connectivity index (χ0) is 17.0. The van der Waals surface area contributed by atoms with E-state index in [1.54, 1.807) is 0 Å². The molecule has 0 bridgehead atoms. The predicted octanol–water partition coefficient (Wildman–Crippen LogP) is 1.54. The monoisotopic (exact) mass is 318 g/mol. The molecule has 1 aromatic carbocycles. The van der Waals surface area contributed by atoms with Crippen LogP contribution in [0.2, 0.25) is 0 Å². The molecule has 6 nitrogen and oxygen atoms in total. The van der Waals surface area contributed by atoms with Crippen LogP contribution in [0.3, 0.4) is 0 Å². The molecular weight excluding hydrogens is 296 g/mol. The first-order valence-electron chi connectivity index (χ1n) is 7.71. The molecule has 1 saturated carbocycles. The van der Waals surface area contributed by atoms with E-state index in [0.29, 0.717) is 12.8 Å². The molecule has 6 heteroatoms. The molecule has 0 aliphatic heterocycles. The number of hydrogen-bond donors (Lipinski definition) is 3. The summed E-state index contributed by atoms with van der Waals surface area (Å²) in [6.07, 6.45) is 1.07. The summed E-state index contributed by atoms with van der Waals surface area (Å²) in [5.41, 5.74) is 1.98. The summed E-state index contributed by atoms with van der Waals surface area (Å²) in [5, 5.41) is 14.5. The maximum atomic E-state index is 12.1. The topological polar surface area (TPSA) is 95.5 Å². The maximum absolute atomic E-state index is 12.1. The molecule has 23 heavy (non-hydrogen) atoms. The van der Waals surface area contributed by atoms with Gasteiger partial charge < -0.3 is 15.7 Å². The highest BCUT2D eigenvalue weighted by molar-refractivity contribution is 5.80. The second-order valence-corrected chi connectivity index (χ2v) is 6.14. The lowest BCUT2D eigenvalue weighted by molar-refractivity contribution is -0.146. The van der Waals surface area contributed by atoms with Crippen LogP contribution in [0, 0.1) is 12.8 Å². The Morgan fingerprint density at radius 1 is 1.22 bits per heavy atom. The first-order valence-corrected chi connectivity index (χ1v) is 7.71. The minimum Gasteiger partial charge on any atom is -0.481 e. The van der Waals surface area contributed by atoms with Crippen molar-refractivity contribution in [3.8, 4) is 0 Å². The van der Waals surface area contributed by atoms with Crippen LogP contribution in [0.1, 0.15) is 43.4 Å². The summed E-state index contributed by atoms with van der Waals surface area (Å²) in [7, 11) is 0. The van der Waals surface area contributed by atoms with Crippen molar-refractivity contribution in [2.24, 2.45) is 5.92 Å². The smallest absolute Gasteiger partial charge is 0.306 e. The van der Waals surface area contributed by atoms with Crippen molar-refractivity contribution in [2.45, 2.75) is 45.2 Å². The molecule has 0 heterocycles. The molecule has 2 rings (SSSR count). The Balaban J connectivity index is 1.92. The third kappa shape index (κ3) is 4.81. The zero-order valence-electron chi connectivity index (χ0n) is 13.3. The molecule has 1 atom stereocenters. The lowest BCUT2D eigenvalue weighted by Gasteiger charge is -2.33. The van der Waals surface area contributed by atoms with Crippen LogP contribution < -0.4 is 10.6 Å². The summed E-state index contributed by atoms with van der Waals surface area (Å²) < 4.78 is 0. The Hall–Kier alpha value is -2.37. The SMILES string of the molecule is CC(=O)NC(CC(=O)NC1CC(C(=O)O)C1)c1ccc(C)cc1. The van der Waals surface area contributed by atoms with E-state index in [4.69, 9.17) is 5.11 Å². The Labute approximate surface area is 135 Å². The van der Waals surface area contributed by atoms with Crippen molar-refractivity contribution in [1.29, 1.82) is 0 Å². The van der Waals surface area contributed by atoms with Crippen LogP contribution >= 0.6 is 0 Å². The quantitative estimate of drug-likeness (QED) is 0.741. The van der Waals surface area contributed by atoms with Gasteiger partial charge in [-0.1, -0.05) is 29.8 Å². The van der Waals surface area contributed by atoms with Crippen LogP contribution in [0.5, 0.6) is 0 Å². The van der Waals surface area contributed by atoms with Gasteiger partial charge in [-0.05, 0) is 25.3 Å². The van der Waals surface area contributed by atoms with Gasteiger partial charge in [0.25, 0.3) is 0 Å². The predicted molar refractivity (Wildman–Crippen MR) is 84.6 cm³/mol. The molecule has 1 aliphatic rings. The van der Waals surface area contributed by atoms with Gasteiger partial charge in [-0.15, -0.1) is 0 Å². The Kier molecular flexibility index (Phi) is 5.36.